The van der Waals surface area contributed by atoms with Crippen LogP contribution in [0.5, 0.6) is 0 Å². The van der Waals surface area contributed by atoms with Crippen molar-refractivity contribution in [1.29, 1.82) is 5.41 Å². The molecule has 0 radical (unpaired) electrons. The summed E-state index contributed by atoms with van der Waals surface area (Å²) in [4.78, 5) is 13.2. The van der Waals surface area contributed by atoms with Crippen molar-refractivity contribution in [3.05, 3.63) is 35.9 Å². The van der Waals surface area contributed by atoms with Crippen LogP contribution in [0.2, 0.25) is 0 Å². The van der Waals surface area contributed by atoms with Gasteiger partial charge in [-0.25, -0.2) is 0 Å². The number of anilines is 2. The van der Waals surface area contributed by atoms with Gasteiger partial charge in [-0.1, -0.05) is 25.1 Å². The normalized spacial score (nSPS) is 16.1. The number of hydrogen-bond acceptors (Lipinski definition) is 2. The highest BCUT2D eigenvalue weighted by atomic mass is 35.5. The first-order valence-electron chi connectivity index (χ1n) is 6.94. The summed E-state index contributed by atoms with van der Waals surface area (Å²) in [5.74, 6) is 0.277. The molecule has 1 aliphatic rings. The molecular weight excluding hydrogens is 300 g/mol. The number of carbonyl (C=O) groups is 1. The molecule has 6 heteroatoms. The zero-order valence-electron chi connectivity index (χ0n) is 12.5. The second kappa shape index (κ2) is 5.85. The molecule has 2 aromatic carbocycles. The van der Waals surface area contributed by atoms with Gasteiger partial charge in [-0.3, -0.25) is 10.2 Å². The first kappa shape index (κ1) is 16.1. The maximum absolute atomic E-state index is 11.3. The number of amides is 1. The molecule has 4 N–H and O–H groups in total. The van der Waals surface area contributed by atoms with Gasteiger partial charge >= 0.3 is 0 Å². The van der Waals surface area contributed by atoms with Crippen LogP contribution in [0.15, 0.2) is 30.3 Å². The number of nitrogens with two attached hydrogens (primary N) is 1. The van der Waals surface area contributed by atoms with Crippen molar-refractivity contribution < 1.29 is 4.79 Å². The van der Waals surface area contributed by atoms with E-state index in [4.69, 9.17) is 11.1 Å². The Morgan fingerprint density at radius 2 is 2.05 bits per heavy atom. The van der Waals surface area contributed by atoms with E-state index in [-0.39, 0.29) is 24.3 Å². The Morgan fingerprint density at radius 1 is 1.32 bits per heavy atom. The number of carbonyl (C=O) groups excluding carboxylic acids is 1. The Bertz CT molecular complexity index is 759. The quantitative estimate of drug-likeness (QED) is 0.558. The van der Waals surface area contributed by atoms with Gasteiger partial charge in [-0.15, -0.1) is 12.4 Å². The maximum Gasteiger partial charge on any atom is 0.221 e. The zero-order valence-corrected chi connectivity index (χ0v) is 13.3. The average Bonchev–Trinajstić information content (AvgIpc) is 2.76. The SMILES string of the molecule is CC(=O)Nc1cccc2c3c(ccc12)N(C(=N)N)CC3C.Cl. The fraction of sp³-hybridized carbons (Fsp3) is 0.250. The lowest BCUT2D eigenvalue weighted by molar-refractivity contribution is -0.114. The molecule has 0 saturated heterocycles. The number of halogens is 1. The third-order valence-electron chi connectivity index (χ3n) is 3.92. The highest BCUT2D eigenvalue weighted by Gasteiger charge is 2.29. The van der Waals surface area contributed by atoms with Crippen molar-refractivity contribution in [3.8, 4) is 0 Å². The monoisotopic (exact) mass is 318 g/mol. The zero-order chi connectivity index (χ0) is 15.1. The van der Waals surface area contributed by atoms with Crippen LogP contribution in [-0.4, -0.2) is 18.4 Å². The lowest BCUT2D eigenvalue weighted by Gasteiger charge is -2.17. The molecule has 1 aliphatic heterocycles. The second-order valence-corrected chi connectivity index (χ2v) is 5.48. The average molecular weight is 319 g/mol. The molecule has 1 heterocycles. The van der Waals surface area contributed by atoms with E-state index in [1.165, 1.54) is 12.5 Å². The predicted molar refractivity (Wildman–Crippen MR) is 93.2 cm³/mol. The highest BCUT2D eigenvalue weighted by Crippen LogP contribution is 2.42. The van der Waals surface area contributed by atoms with Crippen molar-refractivity contribution in [2.24, 2.45) is 5.73 Å². The van der Waals surface area contributed by atoms with Crippen molar-refractivity contribution in [3.63, 3.8) is 0 Å². The van der Waals surface area contributed by atoms with Gasteiger partial charge in [-0.2, -0.15) is 0 Å². The Morgan fingerprint density at radius 3 is 2.68 bits per heavy atom. The molecule has 0 bridgehead atoms. The predicted octanol–water partition coefficient (Wildman–Crippen LogP) is 3.04. The van der Waals surface area contributed by atoms with E-state index in [9.17, 15) is 4.79 Å². The minimum atomic E-state index is -0.0820. The lowest BCUT2D eigenvalue weighted by Crippen LogP contribution is -2.35. The summed E-state index contributed by atoms with van der Waals surface area (Å²) in [6.07, 6.45) is 0. The third-order valence-corrected chi connectivity index (χ3v) is 3.92. The number of nitrogens with one attached hydrogen (secondary N) is 2. The van der Waals surface area contributed by atoms with E-state index in [1.54, 1.807) is 0 Å². The maximum atomic E-state index is 11.3. The number of hydrogen-bond donors (Lipinski definition) is 3. The van der Waals surface area contributed by atoms with Gasteiger partial charge in [0.2, 0.25) is 5.91 Å². The van der Waals surface area contributed by atoms with E-state index < -0.39 is 0 Å². The van der Waals surface area contributed by atoms with E-state index >= 15 is 0 Å². The van der Waals surface area contributed by atoms with Gasteiger partial charge < -0.3 is 16.0 Å². The van der Waals surface area contributed by atoms with Gasteiger partial charge in [-0.05, 0) is 23.1 Å². The first-order valence-corrected chi connectivity index (χ1v) is 6.94. The number of guanidine groups is 1. The molecule has 116 valence electrons. The smallest absolute Gasteiger partial charge is 0.221 e. The molecule has 5 nitrogen and oxygen atoms in total. The molecule has 3 rings (SSSR count). The minimum Gasteiger partial charge on any atom is -0.370 e. The number of rotatable bonds is 1. The van der Waals surface area contributed by atoms with Crippen LogP contribution in [0.4, 0.5) is 11.4 Å². The van der Waals surface area contributed by atoms with Crippen LogP contribution in [0.1, 0.15) is 25.3 Å². The number of nitrogens with zero attached hydrogens (tertiary/aromatic N) is 1. The summed E-state index contributed by atoms with van der Waals surface area (Å²) < 4.78 is 0. The molecule has 1 unspecified atom stereocenters. The third kappa shape index (κ3) is 2.48. The second-order valence-electron chi connectivity index (χ2n) is 5.48. The van der Waals surface area contributed by atoms with E-state index in [0.29, 0.717) is 12.5 Å². The summed E-state index contributed by atoms with van der Waals surface area (Å²) in [5.41, 5.74) is 8.66. The molecule has 0 aromatic heterocycles. The Kier molecular flexibility index (Phi) is 4.28. The van der Waals surface area contributed by atoms with E-state index in [2.05, 4.69) is 18.3 Å². The van der Waals surface area contributed by atoms with E-state index in [0.717, 1.165) is 22.1 Å². The Hall–Kier alpha value is -2.27. The fourth-order valence-electron chi connectivity index (χ4n) is 3.11. The molecule has 1 amide bonds. The van der Waals surface area contributed by atoms with Gasteiger partial charge in [0.05, 0.1) is 0 Å². The summed E-state index contributed by atoms with van der Waals surface area (Å²) in [6, 6.07) is 9.86. The van der Waals surface area contributed by atoms with Gasteiger partial charge in [0, 0.05) is 36.1 Å². The Labute approximate surface area is 135 Å². The first-order chi connectivity index (χ1) is 9.99. The van der Waals surface area contributed by atoms with Crippen LogP contribution in [0.3, 0.4) is 0 Å². The fourth-order valence-corrected chi connectivity index (χ4v) is 3.11. The number of benzene rings is 2. The topological polar surface area (TPSA) is 82.2 Å². The van der Waals surface area contributed by atoms with Crippen LogP contribution >= 0.6 is 12.4 Å². The molecule has 0 fully saturated rings. The van der Waals surface area contributed by atoms with E-state index in [1.807, 2.05) is 29.2 Å². The minimum absolute atomic E-state index is 0. The summed E-state index contributed by atoms with van der Waals surface area (Å²) in [7, 11) is 0. The molecule has 0 aliphatic carbocycles. The molecule has 22 heavy (non-hydrogen) atoms. The molecule has 0 saturated carbocycles. The summed E-state index contributed by atoms with van der Waals surface area (Å²) in [6.45, 7) is 4.35. The van der Waals surface area contributed by atoms with Gasteiger partial charge in [0.15, 0.2) is 5.96 Å². The van der Waals surface area contributed by atoms with Crippen molar-refractivity contribution >= 4 is 46.4 Å². The van der Waals surface area contributed by atoms with Crippen molar-refractivity contribution in [2.45, 2.75) is 19.8 Å². The van der Waals surface area contributed by atoms with Crippen molar-refractivity contribution in [2.75, 3.05) is 16.8 Å². The largest absolute Gasteiger partial charge is 0.370 e. The Balaban J connectivity index is 0.00000176. The van der Waals surface area contributed by atoms with Gasteiger partial charge in [0.25, 0.3) is 0 Å². The molecule has 0 spiro atoms. The summed E-state index contributed by atoms with van der Waals surface area (Å²) in [5, 5.41) is 12.7. The van der Waals surface area contributed by atoms with Crippen LogP contribution < -0.4 is 16.0 Å². The van der Waals surface area contributed by atoms with Crippen molar-refractivity contribution in [1.82, 2.24) is 0 Å². The highest BCUT2D eigenvalue weighted by molar-refractivity contribution is 6.07. The van der Waals surface area contributed by atoms with Crippen LogP contribution in [0, 0.1) is 5.41 Å². The molecule has 1 atom stereocenters. The standard InChI is InChI=1S/C16H18N4O.ClH/c1-9-8-20(16(17)18)14-7-6-11-12(15(9)14)4-3-5-13(11)19-10(2)21;/h3-7,9H,8H2,1-2H3,(H3,17,18)(H,19,21);1H. The lowest BCUT2D eigenvalue weighted by atomic mass is 9.95. The van der Waals surface area contributed by atoms with Gasteiger partial charge in [0.1, 0.15) is 0 Å². The molecule has 2 aromatic rings. The summed E-state index contributed by atoms with van der Waals surface area (Å²) >= 11 is 0. The molecular formula is C16H19ClN4O. The van der Waals surface area contributed by atoms with Crippen LogP contribution in [0.25, 0.3) is 10.8 Å². The number of fused-ring (bicyclic) bond motifs is 3. The van der Waals surface area contributed by atoms with Crippen LogP contribution in [-0.2, 0) is 4.79 Å².